The molecule has 28 heavy (non-hydrogen) atoms. The highest BCUT2D eigenvalue weighted by Crippen LogP contribution is 2.38. The molecule has 2 heterocycles. The van der Waals surface area contributed by atoms with Crippen molar-refractivity contribution in [1.82, 2.24) is 15.1 Å². The van der Waals surface area contributed by atoms with Gasteiger partial charge in [0.1, 0.15) is 11.5 Å². The molecule has 1 aromatic rings. The number of carbonyl (C=O) groups is 1. The number of urea groups is 1. The van der Waals surface area contributed by atoms with Gasteiger partial charge in [-0.3, -0.25) is 0 Å². The number of piperidine rings is 1. The van der Waals surface area contributed by atoms with Crippen LogP contribution in [0.25, 0.3) is 0 Å². The Bertz CT molecular complexity index is 666. The number of carbonyl (C=O) groups excluding carboxylic acids is 1. The van der Waals surface area contributed by atoms with Gasteiger partial charge in [-0.1, -0.05) is 6.92 Å². The second-order valence-corrected chi connectivity index (χ2v) is 8.32. The smallest absolute Gasteiger partial charge is 0.318 e. The first kappa shape index (κ1) is 20.8. The highest BCUT2D eigenvalue weighted by Gasteiger charge is 2.33. The van der Waals surface area contributed by atoms with Crippen molar-refractivity contribution in [2.45, 2.75) is 51.6 Å². The Morgan fingerprint density at radius 2 is 2.00 bits per heavy atom. The number of methoxy groups -OCH3 is 2. The van der Waals surface area contributed by atoms with E-state index in [4.69, 9.17) is 9.47 Å². The minimum atomic E-state index is 0.0185. The minimum absolute atomic E-state index is 0.0185. The lowest BCUT2D eigenvalue weighted by Crippen LogP contribution is -2.49. The van der Waals surface area contributed by atoms with Crippen molar-refractivity contribution in [3.8, 4) is 11.5 Å². The second-order valence-electron chi connectivity index (χ2n) is 8.32. The van der Waals surface area contributed by atoms with E-state index in [1.54, 1.807) is 14.2 Å². The van der Waals surface area contributed by atoms with Gasteiger partial charge in [-0.05, 0) is 63.3 Å². The summed E-state index contributed by atoms with van der Waals surface area (Å²) >= 11 is 0. The van der Waals surface area contributed by atoms with Crippen molar-refractivity contribution in [2.24, 2.45) is 5.92 Å². The SMILES string of the molecule is COc1ccc(OC)c(C2CCCN2C(=O)NC(C)CN2CCCC(C)C2)c1. The number of hydrogen-bond donors (Lipinski definition) is 1. The number of nitrogens with one attached hydrogen (secondary N) is 1. The van der Waals surface area contributed by atoms with Crippen molar-refractivity contribution in [1.29, 1.82) is 0 Å². The molecule has 1 aromatic carbocycles. The van der Waals surface area contributed by atoms with Crippen LogP contribution in [0.1, 0.15) is 51.1 Å². The molecule has 3 atom stereocenters. The maximum atomic E-state index is 13.0. The van der Waals surface area contributed by atoms with Crippen LogP contribution in [0.2, 0.25) is 0 Å². The number of nitrogens with zero attached hydrogens (tertiary/aromatic N) is 2. The normalized spacial score (nSPS) is 24.1. The van der Waals surface area contributed by atoms with Crippen molar-refractivity contribution in [3.05, 3.63) is 23.8 Å². The summed E-state index contributed by atoms with van der Waals surface area (Å²) in [5.41, 5.74) is 1.02. The predicted molar refractivity (Wildman–Crippen MR) is 111 cm³/mol. The van der Waals surface area contributed by atoms with Gasteiger partial charge in [0.2, 0.25) is 0 Å². The molecular formula is C22H35N3O3. The van der Waals surface area contributed by atoms with Gasteiger partial charge in [-0.2, -0.15) is 0 Å². The van der Waals surface area contributed by atoms with Crippen molar-refractivity contribution < 1.29 is 14.3 Å². The molecule has 0 aliphatic carbocycles. The molecule has 2 amide bonds. The number of ether oxygens (including phenoxy) is 2. The molecule has 3 unspecified atom stereocenters. The van der Waals surface area contributed by atoms with Crippen LogP contribution in [-0.2, 0) is 0 Å². The molecule has 0 radical (unpaired) electrons. The zero-order valence-electron chi connectivity index (χ0n) is 17.7. The van der Waals surface area contributed by atoms with Crippen LogP contribution in [0.5, 0.6) is 11.5 Å². The lowest BCUT2D eigenvalue weighted by Gasteiger charge is -2.34. The van der Waals surface area contributed by atoms with Crippen LogP contribution in [-0.4, -0.2) is 62.3 Å². The molecule has 2 fully saturated rings. The van der Waals surface area contributed by atoms with Crippen molar-refractivity contribution >= 4 is 6.03 Å². The van der Waals surface area contributed by atoms with Crippen LogP contribution < -0.4 is 14.8 Å². The van der Waals surface area contributed by atoms with Crippen molar-refractivity contribution in [3.63, 3.8) is 0 Å². The molecule has 156 valence electrons. The third kappa shape index (κ3) is 4.90. The average molecular weight is 390 g/mol. The fourth-order valence-electron chi connectivity index (χ4n) is 4.61. The standard InChI is InChI=1S/C22H35N3O3/c1-16-7-5-11-24(14-16)15-17(2)23-22(26)25-12-6-8-20(25)19-13-18(27-3)9-10-21(19)28-4/h9-10,13,16-17,20H,5-8,11-12,14-15H2,1-4H3,(H,23,26). The van der Waals surface area contributed by atoms with Crippen LogP contribution in [0.3, 0.4) is 0 Å². The average Bonchev–Trinajstić information content (AvgIpc) is 3.17. The number of likely N-dealkylation sites (tertiary alicyclic amines) is 2. The Labute approximate surface area is 169 Å². The topological polar surface area (TPSA) is 54.0 Å². The first-order valence-corrected chi connectivity index (χ1v) is 10.5. The molecule has 2 aliphatic heterocycles. The molecule has 0 aromatic heterocycles. The Morgan fingerprint density at radius 3 is 2.71 bits per heavy atom. The fourth-order valence-corrected chi connectivity index (χ4v) is 4.61. The lowest BCUT2D eigenvalue weighted by atomic mass is 10.00. The van der Waals surface area contributed by atoms with Crippen LogP contribution >= 0.6 is 0 Å². The fraction of sp³-hybridized carbons (Fsp3) is 0.682. The predicted octanol–water partition coefficient (Wildman–Crippen LogP) is 3.67. The Hall–Kier alpha value is -1.95. The number of benzene rings is 1. The maximum Gasteiger partial charge on any atom is 0.318 e. The van der Waals surface area contributed by atoms with Gasteiger partial charge >= 0.3 is 6.03 Å². The van der Waals surface area contributed by atoms with E-state index in [1.165, 1.54) is 12.8 Å². The highest BCUT2D eigenvalue weighted by atomic mass is 16.5. The number of hydrogen-bond acceptors (Lipinski definition) is 4. The molecule has 6 nitrogen and oxygen atoms in total. The van der Waals surface area contributed by atoms with E-state index < -0.39 is 0 Å². The molecule has 3 rings (SSSR count). The van der Waals surface area contributed by atoms with Crippen LogP contribution in [0, 0.1) is 5.92 Å². The quantitative estimate of drug-likeness (QED) is 0.807. The summed E-state index contributed by atoms with van der Waals surface area (Å²) in [5.74, 6) is 2.34. The first-order chi connectivity index (χ1) is 13.5. The van der Waals surface area contributed by atoms with Gasteiger partial charge in [0.05, 0.1) is 20.3 Å². The van der Waals surface area contributed by atoms with Gasteiger partial charge in [0, 0.05) is 31.2 Å². The molecule has 2 saturated heterocycles. The van der Waals surface area contributed by atoms with E-state index in [1.807, 2.05) is 23.1 Å². The first-order valence-electron chi connectivity index (χ1n) is 10.5. The van der Waals surface area contributed by atoms with E-state index in [-0.39, 0.29) is 18.1 Å². The summed E-state index contributed by atoms with van der Waals surface area (Å²) in [7, 11) is 3.33. The minimum Gasteiger partial charge on any atom is -0.497 e. The Kier molecular flexibility index (Phi) is 7.05. The van der Waals surface area contributed by atoms with Gasteiger partial charge in [0.25, 0.3) is 0 Å². The van der Waals surface area contributed by atoms with E-state index in [0.717, 1.165) is 62.0 Å². The Balaban J connectivity index is 1.64. The lowest BCUT2D eigenvalue weighted by molar-refractivity contribution is 0.160. The van der Waals surface area contributed by atoms with Crippen molar-refractivity contribution in [2.75, 3.05) is 40.4 Å². The molecular weight excluding hydrogens is 354 g/mol. The van der Waals surface area contributed by atoms with E-state index >= 15 is 0 Å². The summed E-state index contributed by atoms with van der Waals surface area (Å²) < 4.78 is 10.9. The molecule has 1 N–H and O–H groups in total. The third-order valence-corrected chi connectivity index (χ3v) is 5.95. The molecule has 6 heteroatoms. The Morgan fingerprint density at radius 1 is 1.21 bits per heavy atom. The van der Waals surface area contributed by atoms with Crippen LogP contribution in [0.15, 0.2) is 18.2 Å². The molecule has 0 spiro atoms. The van der Waals surface area contributed by atoms with E-state index in [9.17, 15) is 4.79 Å². The van der Waals surface area contributed by atoms with E-state index in [0.29, 0.717) is 0 Å². The van der Waals surface area contributed by atoms with E-state index in [2.05, 4.69) is 24.1 Å². The van der Waals surface area contributed by atoms with Gasteiger partial charge in [-0.15, -0.1) is 0 Å². The monoisotopic (exact) mass is 389 g/mol. The summed E-state index contributed by atoms with van der Waals surface area (Å²) in [6, 6.07) is 5.98. The maximum absolute atomic E-state index is 13.0. The van der Waals surface area contributed by atoms with Gasteiger partial charge in [0.15, 0.2) is 0 Å². The summed E-state index contributed by atoms with van der Waals surface area (Å²) in [6.45, 7) is 8.37. The largest absolute Gasteiger partial charge is 0.497 e. The highest BCUT2D eigenvalue weighted by molar-refractivity contribution is 5.75. The molecule has 2 aliphatic rings. The second kappa shape index (κ2) is 9.50. The number of amides is 2. The molecule has 0 saturated carbocycles. The van der Waals surface area contributed by atoms with Gasteiger partial charge in [-0.25, -0.2) is 4.79 Å². The summed E-state index contributed by atoms with van der Waals surface area (Å²) in [4.78, 5) is 17.5. The summed E-state index contributed by atoms with van der Waals surface area (Å²) in [5, 5.41) is 3.22. The third-order valence-electron chi connectivity index (χ3n) is 5.95. The zero-order chi connectivity index (χ0) is 20.1. The number of rotatable bonds is 6. The summed E-state index contributed by atoms with van der Waals surface area (Å²) in [6.07, 6.45) is 4.51. The van der Waals surface area contributed by atoms with Gasteiger partial charge < -0.3 is 24.6 Å². The van der Waals surface area contributed by atoms with Crippen LogP contribution in [0.4, 0.5) is 4.79 Å². The zero-order valence-corrected chi connectivity index (χ0v) is 17.7. The molecule has 0 bridgehead atoms.